The summed E-state index contributed by atoms with van der Waals surface area (Å²) in [6, 6.07) is 7.11. The number of ether oxygens (including phenoxy) is 1. The molecule has 0 saturated heterocycles. The fraction of sp³-hybridized carbons (Fsp3) is 0.400. The molecule has 10 heteroatoms. The zero-order chi connectivity index (χ0) is 18.4. The first-order valence-corrected chi connectivity index (χ1v) is 9.97. The third-order valence-corrected chi connectivity index (χ3v) is 5.70. The number of aromatic nitrogens is 2. The van der Waals surface area contributed by atoms with E-state index in [1.807, 2.05) is 6.92 Å². The number of carbonyl (C=O) groups excluding carboxylic acids is 1. The summed E-state index contributed by atoms with van der Waals surface area (Å²) in [4.78, 5) is 11.6. The molecule has 0 atom stereocenters. The first-order valence-electron chi connectivity index (χ1n) is 7.67. The second kappa shape index (κ2) is 8.37. The molecule has 0 aliphatic rings. The molecule has 136 valence electrons. The standard InChI is InChI=1S/C15H20N4O4S2/c1-4-23-12-7-5-11(6-8-12)9-16-25(21,22)15-19-18-14(24-15)17-13(20)10(2)3/h5-8,10,16H,4,9H2,1-3H3,(H,17,18,20). The highest BCUT2D eigenvalue weighted by atomic mass is 32.2. The van der Waals surface area contributed by atoms with Gasteiger partial charge >= 0.3 is 0 Å². The molecule has 1 amide bonds. The molecule has 2 aromatic rings. The Morgan fingerprint density at radius 2 is 1.92 bits per heavy atom. The van der Waals surface area contributed by atoms with Gasteiger partial charge in [0, 0.05) is 12.5 Å². The number of rotatable bonds is 8. The summed E-state index contributed by atoms with van der Waals surface area (Å²) in [5.41, 5.74) is 0.782. The molecule has 1 aromatic heterocycles. The van der Waals surface area contributed by atoms with Crippen molar-refractivity contribution in [3.8, 4) is 5.75 Å². The van der Waals surface area contributed by atoms with Crippen LogP contribution in [0.3, 0.4) is 0 Å². The molecular formula is C15H20N4O4S2. The van der Waals surface area contributed by atoms with Gasteiger partial charge in [-0.15, -0.1) is 10.2 Å². The third kappa shape index (κ3) is 5.48. The van der Waals surface area contributed by atoms with Crippen molar-refractivity contribution in [3.63, 3.8) is 0 Å². The fourth-order valence-corrected chi connectivity index (χ4v) is 3.69. The molecule has 25 heavy (non-hydrogen) atoms. The topological polar surface area (TPSA) is 110 Å². The molecule has 0 saturated carbocycles. The van der Waals surface area contributed by atoms with Crippen LogP contribution in [0.5, 0.6) is 5.75 Å². The van der Waals surface area contributed by atoms with E-state index in [0.29, 0.717) is 6.61 Å². The van der Waals surface area contributed by atoms with Gasteiger partial charge in [0.1, 0.15) is 5.75 Å². The van der Waals surface area contributed by atoms with Crippen LogP contribution in [0.1, 0.15) is 26.3 Å². The summed E-state index contributed by atoms with van der Waals surface area (Å²) in [6.45, 7) is 6.03. The first kappa shape index (κ1) is 19.3. The van der Waals surface area contributed by atoms with E-state index < -0.39 is 10.0 Å². The highest BCUT2D eigenvalue weighted by molar-refractivity contribution is 7.91. The first-order chi connectivity index (χ1) is 11.8. The molecule has 1 aromatic carbocycles. The van der Waals surface area contributed by atoms with Crippen molar-refractivity contribution >= 4 is 32.4 Å². The summed E-state index contributed by atoms with van der Waals surface area (Å²) in [7, 11) is -3.80. The molecule has 0 bridgehead atoms. The van der Waals surface area contributed by atoms with Crippen LogP contribution < -0.4 is 14.8 Å². The number of nitrogens with one attached hydrogen (secondary N) is 2. The zero-order valence-corrected chi connectivity index (χ0v) is 15.8. The van der Waals surface area contributed by atoms with Gasteiger partial charge < -0.3 is 10.1 Å². The maximum atomic E-state index is 12.3. The van der Waals surface area contributed by atoms with Gasteiger partial charge in [0.15, 0.2) is 0 Å². The second-order valence-corrected chi connectivity index (χ2v) is 8.34. The monoisotopic (exact) mass is 384 g/mol. The predicted octanol–water partition coefficient (Wildman–Crippen LogP) is 2.01. The van der Waals surface area contributed by atoms with Crippen LogP contribution in [0.2, 0.25) is 0 Å². The lowest BCUT2D eigenvalue weighted by molar-refractivity contribution is -0.118. The number of anilines is 1. The summed E-state index contributed by atoms with van der Waals surface area (Å²) in [6.07, 6.45) is 0. The van der Waals surface area contributed by atoms with Gasteiger partial charge in [-0.1, -0.05) is 37.3 Å². The average Bonchev–Trinajstić information content (AvgIpc) is 3.04. The van der Waals surface area contributed by atoms with E-state index in [9.17, 15) is 13.2 Å². The van der Waals surface area contributed by atoms with E-state index in [1.165, 1.54) is 0 Å². The molecule has 2 N–H and O–H groups in total. The minimum atomic E-state index is -3.80. The summed E-state index contributed by atoms with van der Waals surface area (Å²) >= 11 is 0.805. The lowest BCUT2D eigenvalue weighted by atomic mass is 10.2. The van der Waals surface area contributed by atoms with Gasteiger partial charge in [0.25, 0.3) is 10.0 Å². The maximum absolute atomic E-state index is 12.3. The minimum Gasteiger partial charge on any atom is -0.494 e. The SMILES string of the molecule is CCOc1ccc(CNS(=O)(=O)c2nnc(NC(=O)C(C)C)s2)cc1. The quantitative estimate of drug-likeness (QED) is 0.674. The Morgan fingerprint density at radius 3 is 2.52 bits per heavy atom. The fourth-order valence-electron chi connectivity index (χ4n) is 1.73. The van der Waals surface area contributed by atoms with Crippen molar-refractivity contribution in [2.45, 2.75) is 31.7 Å². The minimum absolute atomic E-state index is 0.113. The largest absolute Gasteiger partial charge is 0.494 e. The number of benzene rings is 1. The Bertz CT molecular complexity index is 816. The van der Waals surface area contributed by atoms with Crippen LogP contribution >= 0.6 is 11.3 Å². The molecule has 0 unspecified atom stereocenters. The highest BCUT2D eigenvalue weighted by Crippen LogP contribution is 2.20. The molecule has 2 rings (SSSR count). The van der Waals surface area contributed by atoms with Crippen molar-refractivity contribution in [2.24, 2.45) is 5.92 Å². The van der Waals surface area contributed by atoms with E-state index in [-0.39, 0.29) is 27.8 Å². The molecule has 0 spiro atoms. The number of carbonyl (C=O) groups is 1. The van der Waals surface area contributed by atoms with E-state index in [4.69, 9.17) is 4.74 Å². The Morgan fingerprint density at radius 1 is 1.24 bits per heavy atom. The second-order valence-electron chi connectivity index (χ2n) is 5.42. The molecule has 8 nitrogen and oxygen atoms in total. The van der Waals surface area contributed by atoms with Gasteiger partial charge in [-0.05, 0) is 24.6 Å². The Balaban J connectivity index is 1.99. The number of hydrogen-bond donors (Lipinski definition) is 2. The Kier molecular flexibility index (Phi) is 6.45. The number of sulfonamides is 1. The molecule has 0 aliphatic carbocycles. The zero-order valence-electron chi connectivity index (χ0n) is 14.1. The van der Waals surface area contributed by atoms with Crippen molar-refractivity contribution in [1.29, 1.82) is 0 Å². The molecule has 1 heterocycles. The van der Waals surface area contributed by atoms with Crippen LogP contribution in [-0.4, -0.2) is 31.1 Å². The van der Waals surface area contributed by atoms with Crippen LogP contribution in [-0.2, 0) is 21.4 Å². The van der Waals surface area contributed by atoms with E-state index >= 15 is 0 Å². The number of nitrogens with zero attached hydrogens (tertiary/aromatic N) is 2. The van der Waals surface area contributed by atoms with Gasteiger partial charge in [-0.25, -0.2) is 13.1 Å². The van der Waals surface area contributed by atoms with E-state index in [0.717, 1.165) is 22.6 Å². The van der Waals surface area contributed by atoms with E-state index in [2.05, 4.69) is 20.2 Å². The van der Waals surface area contributed by atoms with Crippen LogP contribution in [0.25, 0.3) is 0 Å². The number of amides is 1. The number of hydrogen-bond acceptors (Lipinski definition) is 7. The summed E-state index contributed by atoms with van der Waals surface area (Å²) in [5.74, 6) is 0.243. The lowest BCUT2D eigenvalue weighted by Gasteiger charge is -2.06. The Hall–Kier alpha value is -2.04. The highest BCUT2D eigenvalue weighted by Gasteiger charge is 2.21. The average molecular weight is 384 g/mol. The molecular weight excluding hydrogens is 364 g/mol. The third-order valence-electron chi connectivity index (χ3n) is 3.09. The molecule has 0 aliphatic heterocycles. The Labute approximate surface area is 150 Å². The predicted molar refractivity (Wildman–Crippen MR) is 95.0 cm³/mol. The molecule has 0 radical (unpaired) electrons. The van der Waals surface area contributed by atoms with Gasteiger partial charge in [0.05, 0.1) is 6.61 Å². The van der Waals surface area contributed by atoms with Crippen LogP contribution in [0.15, 0.2) is 28.6 Å². The van der Waals surface area contributed by atoms with Crippen molar-refractivity contribution < 1.29 is 17.9 Å². The van der Waals surface area contributed by atoms with Crippen molar-refractivity contribution in [1.82, 2.24) is 14.9 Å². The molecule has 0 fully saturated rings. The van der Waals surface area contributed by atoms with Crippen molar-refractivity contribution in [3.05, 3.63) is 29.8 Å². The summed E-state index contributed by atoms with van der Waals surface area (Å²) < 4.78 is 32.1. The van der Waals surface area contributed by atoms with Gasteiger partial charge in [0.2, 0.25) is 15.4 Å². The van der Waals surface area contributed by atoms with Crippen molar-refractivity contribution in [2.75, 3.05) is 11.9 Å². The van der Waals surface area contributed by atoms with Gasteiger partial charge in [-0.2, -0.15) is 0 Å². The summed E-state index contributed by atoms with van der Waals surface area (Å²) in [5, 5.41) is 10.0. The maximum Gasteiger partial charge on any atom is 0.270 e. The van der Waals surface area contributed by atoms with Gasteiger partial charge in [-0.3, -0.25) is 4.79 Å². The van der Waals surface area contributed by atoms with Crippen LogP contribution in [0.4, 0.5) is 5.13 Å². The van der Waals surface area contributed by atoms with Crippen LogP contribution in [0, 0.1) is 5.92 Å². The smallest absolute Gasteiger partial charge is 0.270 e. The normalized spacial score (nSPS) is 11.5. The van der Waals surface area contributed by atoms with E-state index in [1.54, 1.807) is 38.1 Å². The lowest BCUT2D eigenvalue weighted by Crippen LogP contribution is -2.23.